The summed E-state index contributed by atoms with van der Waals surface area (Å²) < 4.78 is 0. The molecule has 0 radical (unpaired) electrons. The third-order valence-corrected chi connectivity index (χ3v) is 2.53. The molecule has 1 aromatic carbocycles. The van der Waals surface area contributed by atoms with E-state index in [1.165, 1.54) is 12.8 Å². The van der Waals surface area contributed by atoms with Crippen LogP contribution in [0.5, 0.6) is 0 Å². The molecule has 2 heteroatoms. The maximum Gasteiger partial charge on any atom is 0.251 e. The number of allylic oxidation sites excluding steroid dienone is 1. The number of hydrogen-bond donors (Lipinski definition) is 1. The monoisotopic (exact) mass is 317 g/mol. The van der Waals surface area contributed by atoms with Crippen LogP contribution in [-0.4, -0.2) is 4.98 Å². The second-order valence-electron chi connectivity index (χ2n) is 5.24. The Bertz CT molecular complexity index is 621. The number of aryl methyl sites for hydroxylation is 1. The van der Waals surface area contributed by atoms with Crippen molar-refractivity contribution in [1.29, 1.82) is 0 Å². The van der Waals surface area contributed by atoms with Crippen LogP contribution in [0.1, 0.15) is 72.4 Å². The van der Waals surface area contributed by atoms with E-state index >= 15 is 0 Å². The number of fused-ring (bicyclic) bond motifs is 1. The molecule has 2 nitrogen and oxygen atoms in total. The van der Waals surface area contributed by atoms with Crippen molar-refractivity contribution in [3.8, 4) is 0 Å². The molecule has 1 aromatic heterocycles. The fraction of sp³-hybridized carbons (Fsp3) is 0.476. The Morgan fingerprint density at radius 2 is 1.57 bits per heavy atom. The molecule has 0 amide bonds. The molecule has 1 N–H and O–H groups in total. The van der Waals surface area contributed by atoms with Gasteiger partial charge in [0.05, 0.1) is 0 Å². The molecule has 0 unspecified atom stereocenters. The Balaban J connectivity index is 0. The van der Waals surface area contributed by atoms with E-state index in [9.17, 15) is 4.79 Å². The Morgan fingerprint density at radius 1 is 1.09 bits per heavy atom. The number of hydrogen-bond acceptors (Lipinski definition) is 1. The lowest BCUT2D eigenvalue weighted by atomic mass is 10.0. The van der Waals surface area contributed by atoms with Crippen molar-refractivity contribution in [1.82, 2.24) is 4.98 Å². The van der Waals surface area contributed by atoms with Crippen molar-refractivity contribution in [2.24, 2.45) is 0 Å². The van der Waals surface area contributed by atoms with Crippen molar-refractivity contribution < 1.29 is 0 Å². The third-order valence-electron chi connectivity index (χ3n) is 2.53. The number of rotatable bonds is 1. The molecule has 0 bridgehead atoms. The van der Waals surface area contributed by atoms with Gasteiger partial charge in [0.15, 0.2) is 0 Å². The topological polar surface area (TPSA) is 32.9 Å². The smallest absolute Gasteiger partial charge is 0.251 e. The van der Waals surface area contributed by atoms with E-state index < -0.39 is 0 Å². The lowest BCUT2D eigenvalue weighted by molar-refractivity contribution is 1.09. The summed E-state index contributed by atoms with van der Waals surface area (Å²) in [4.78, 5) is 14.3. The summed E-state index contributed by atoms with van der Waals surface area (Å²) in [5.41, 5.74) is 3.67. The summed E-state index contributed by atoms with van der Waals surface area (Å²) in [6.07, 6.45) is 2.50. The van der Waals surface area contributed by atoms with Crippen molar-refractivity contribution >= 4 is 16.5 Å². The van der Waals surface area contributed by atoms with E-state index in [-0.39, 0.29) is 5.56 Å². The minimum atomic E-state index is -0.0265. The SMILES string of the molecule is C=C(C)c1cccc2[nH]c(=O)c(C)cc12.CC.CCC.CCC. The number of aromatic nitrogens is 1. The Hall–Kier alpha value is -1.83. The largest absolute Gasteiger partial charge is 0.322 e. The first kappa shape index (κ1) is 23.4. The average molecular weight is 318 g/mol. The quantitative estimate of drug-likeness (QED) is 0.621. The van der Waals surface area contributed by atoms with Gasteiger partial charge in [0.1, 0.15) is 0 Å². The Labute approximate surface area is 142 Å². The Morgan fingerprint density at radius 3 is 2.00 bits per heavy atom. The fourth-order valence-electron chi connectivity index (χ4n) is 1.70. The molecular weight excluding hydrogens is 282 g/mol. The fourth-order valence-corrected chi connectivity index (χ4v) is 1.70. The lowest BCUT2D eigenvalue weighted by Gasteiger charge is -2.06. The van der Waals surface area contributed by atoms with Gasteiger partial charge >= 0.3 is 0 Å². The van der Waals surface area contributed by atoms with E-state index in [0.29, 0.717) is 0 Å². The standard InChI is InChI=1S/C13H13NO.2C3H8.C2H6/c1-8(2)10-5-4-6-12-11(10)7-9(3)13(15)14-12;2*1-3-2;1-2/h4-7H,1H2,2-3H3,(H,14,15);2*3H2,1-2H3;1-2H3. The summed E-state index contributed by atoms with van der Waals surface area (Å²) in [6, 6.07) is 7.76. The van der Waals surface area contributed by atoms with Crippen molar-refractivity contribution in [3.05, 3.63) is 52.3 Å². The summed E-state index contributed by atoms with van der Waals surface area (Å²) in [5, 5.41) is 1.06. The summed E-state index contributed by atoms with van der Waals surface area (Å²) in [5.74, 6) is 0. The highest BCUT2D eigenvalue weighted by Crippen LogP contribution is 2.22. The van der Waals surface area contributed by atoms with Crippen molar-refractivity contribution in [2.45, 2.75) is 68.2 Å². The molecule has 130 valence electrons. The van der Waals surface area contributed by atoms with Gasteiger partial charge in [-0.3, -0.25) is 4.79 Å². The molecule has 2 rings (SSSR count). The van der Waals surface area contributed by atoms with E-state index in [4.69, 9.17) is 0 Å². The van der Waals surface area contributed by atoms with Crippen LogP contribution in [0.25, 0.3) is 16.5 Å². The second-order valence-corrected chi connectivity index (χ2v) is 5.24. The van der Waals surface area contributed by atoms with E-state index in [1.54, 1.807) is 0 Å². The van der Waals surface area contributed by atoms with E-state index in [2.05, 4.69) is 39.3 Å². The van der Waals surface area contributed by atoms with Gasteiger partial charge < -0.3 is 4.98 Å². The van der Waals surface area contributed by atoms with Crippen molar-refractivity contribution in [2.75, 3.05) is 0 Å². The molecular formula is C21H35NO. The first-order valence-electron chi connectivity index (χ1n) is 8.71. The van der Waals surface area contributed by atoms with Crippen LogP contribution in [0.15, 0.2) is 35.6 Å². The summed E-state index contributed by atoms with van der Waals surface area (Å²) >= 11 is 0. The molecule has 2 aromatic rings. The summed E-state index contributed by atoms with van der Waals surface area (Å²) in [7, 11) is 0. The van der Waals surface area contributed by atoms with Gasteiger partial charge in [-0.1, -0.05) is 78.7 Å². The number of aromatic amines is 1. The van der Waals surface area contributed by atoms with Gasteiger partial charge in [0.25, 0.3) is 5.56 Å². The summed E-state index contributed by atoms with van der Waals surface area (Å²) in [6.45, 7) is 20.2. The first-order chi connectivity index (χ1) is 10.9. The van der Waals surface area contributed by atoms with E-state index in [1.807, 2.05) is 52.0 Å². The number of pyridine rings is 1. The van der Waals surface area contributed by atoms with Gasteiger partial charge in [-0.25, -0.2) is 0 Å². The lowest BCUT2D eigenvalue weighted by Crippen LogP contribution is -2.08. The van der Waals surface area contributed by atoms with Crippen LogP contribution >= 0.6 is 0 Å². The highest BCUT2D eigenvalue weighted by atomic mass is 16.1. The average Bonchev–Trinajstić information content (AvgIpc) is 2.51. The molecule has 0 aliphatic heterocycles. The molecule has 0 spiro atoms. The van der Waals surface area contributed by atoms with Crippen LogP contribution in [0, 0.1) is 6.92 Å². The Kier molecular flexibility index (Phi) is 14.1. The minimum Gasteiger partial charge on any atom is -0.322 e. The van der Waals surface area contributed by atoms with Crippen LogP contribution in [0.4, 0.5) is 0 Å². The zero-order valence-corrected chi connectivity index (χ0v) is 16.3. The van der Waals surface area contributed by atoms with Gasteiger partial charge in [-0.2, -0.15) is 0 Å². The maximum absolute atomic E-state index is 11.4. The molecule has 0 saturated carbocycles. The highest BCUT2D eigenvalue weighted by molar-refractivity contribution is 5.91. The second kappa shape index (κ2) is 13.8. The number of nitrogens with one attached hydrogen (secondary N) is 1. The zero-order valence-electron chi connectivity index (χ0n) is 16.3. The van der Waals surface area contributed by atoms with Gasteiger partial charge in [0.2, 0.25) is 0 Å². The predicted octanol–water partition coefficient (Wildman–Crippen LogP) is 6.73. The van der Waals surface area contributed by atoms with Gasteiger partial charge in [-0.05, 0) is 31.5 Å². The zero-order chi connectivity index (χ0) is 18.4. The van der Waals surface area contributed by atoms with Gasteiger partial charge in [-0.15, -0.1) is 0 Å². The number of benzene rings is 1. The van der Waals surface area contributed by atoms with Crippen LogP contribution < -0.4 is 5.56 Å². The van der Waals surface area contributed by atoms with Crippen molar-refractivity contribution in [3.63, 3.8) is 0 Å². The van der Waals surface area contributed by atoms with Crippen LogP contribution in [0.3, 0.4) is 0 Å². The van der Waals surface area contributed by atoms with Gasteiger partial charge in [0, 0.05) is 16.5 Å². The van der Waals surface area contributed by atoms with Crippen LogP contribution in [-0.2, 0) is 0 Å². The maximum atomic E-state index is 11.4. The molecule has 0 aliphatic carbocycles. The van der Waals surface area contributed by atoms with Crippen LogP contribution in [0.2, 0.25) is 0 Å². The highest BCUT2D eigenvalue weighted by Gasteiger charge is 2.03. The number of H-pyrrole nitrogens is 1. The van der Waals surface area contributed by atoms with E-state index in [0.717, 1.165) is 27.6 Å². The molecule has 0 saturated heterocycles. The molecule has 1 heterocycles. The molecule has 0 fully saturated rings. The third kappa shape index (κ3) is 8.39. The minimum absolute atomic E-state index is 0.0265. The molecule has 0 aliphatic rings. The normalized spacial score (nSPS) is 8.70. The molecule has 0 atom stereocenters. The molecule has 23 heavy (non-hydrogen) atoms. The first-order valence-corrected chi connectivity index (χ1v) is 8.71. The predicted molar refractivity (Wildman–Crippen MR) is 107 cm³/mol.